The Bertz CT molecular complexity index is 1050. The fourth-order valence-corrected chi connectivity index (χ4v) is 2.98. The van der Waals surface area contributed by atoms with Gasteiger partial charge in [-0.3, -0.25) is 15.1 Å². The Morgan fingerprint density at radius 1 is 0.857 bits per heavy atom. The monoisotopic (exact) mass is 482 g/mol. The highest BCUT2D eigenvalue weighted by molar-refractivity contribution is 5.59. The van der Waals surface area contributed by atoms with Crippen LogP contribution in [-0.4, -0.2) is 31.8 Å². The third-order valence-electron chi connectivity index (χ3n) is 4.78. The lowest BCUT2D eigenvalue weighted by atomic mass is 10.1. The molecule has 10 nitrogen and oxygen atoms in total. The number of phenolic OH excluding ortho intramolecular Hbond substituents is 3. The van der Waals surface area contributed by atoms with E-state index in [4.69, 9.17) is 20.1 Å². The van der Waals surface area contributed by atoms with E-state index < -0.39 is 27.9 Å². The number of hydrogen-bond acceptors (Lipinski definition) is 9. The Morgan fingerprint density at radius 3 is 1.97 bits per heavy atom. The number of nitrogens with zero attached hydrogens (tertiary/aromatic N) is 4. The second-order valence-corrected chi connectivity index (χ2v) is 7.61. The molecule has 0 aliphatic carbocycles. The van der Waals surface area contributed by atoms with Crippen LogP contribution in [0.2, 0.25) is 0 Å². The van der Waals surface area contributed by atoms with E-state index in [-0.39, 0.29) is 0 Å². The van der Waals surface area contributed by atoms with Crippen LogP contribution >= 0.6 is 0 Å². The topological polar surface area (TPSA) is 151 Å². The quantitative estimate of drug-likeness (QED) is 0.116. The molecular formula is C25H30N4O6. The zero-order chi connectivity index (χ0) is 25.5. The molecule has 0 bridgehead atoms. The van der Waals surface area contributed by atoms with Crippen LogP contribution in [-0.2, 0) is 0 Å². The highest BCUT2D eigenvalue weighted by Gasteiger charge is 2.20. The Morgan fingerprint density at radius 2 is 1.40 bits per heavy atom. The van der Waals surface area contributed by atoms with E-state index in [0.29, 0.717) is 0 Å². The molecule has 1 aromatic heterocycles. The van der Waals surface area contributed by atoms with Gasteiger partial charge in [0.15, 0.2) is 0 Å². The molecule has 186 valence electrons. The summed E-state index contributed by atoms with van der Waals surface area (Å²) in [6, 6.07) is 12.9. The molecule has 2 aromatic carbocycles. The summed E-state index contributed by atoms with van der Waals surface area (Å²) in [4.78, 5) is 13.2. The van der Waals surface area contributed by atoms with Crippen LogP contribution in [0, 0.1) is 10.1 Å². The number of rotatable bonds is 11. The molecule has 35 heavy (non-hydrogen) atoms. The maximum Gasteiger partial charge on any atom is 0.352 e. The summed E-state index contributed by atoms with van der Waals surface area (Å²) in [5.41, 5.74) is 0.796. The normalized spacial score (nSPS) is 10.5. The highest BCUT2D eigenvalue weighted by Crippen LogP contribution is 2.38. The number of pyridine rings is 1. The first-order valence-electron chi connectivity index (χ1n) is 11.3. The van der Waals surface area contributed by atoms with Gasteiger partial charge in [0.2, 0.25) is 11.5 Å². The van der Waals surface area contributed by atoms with Gasteiger partial charge in [-0.25, -0.2) is 0 Å². The van der Waals surface area contributed by atoms with Crippen LogP contribution in [0.1, 0.15) is 45.4 Å². The van der Waals surface area contributed by atoms with Gasteiger partial charge in [-0.1, -0.05) is 39.0 Å². The minimum Gasteiger partial charge on any atom is -0.508 e. The summed E-state index contributed by atoms with van der Waals surface area (Å²) in [6.07, 6.45) is 11.1. The van der Waals surface area contributed by atoms with Crippen molar-refractivity contribution in [3.05, 3.63) is 71.0 Å². The van der Waals surface area contributed by atoms with Gasteiger partial charge in [-0.05, 0) is 42.8 Å². The van der Waals surface area contributed by atoms with Gasteiger partial charge in [0.1, 0.15) is 11.5 Å². The molecule has 0 saturated carbocycles. The summed E-state index contributed by atoms with van der Waals surface area (Å²) in [5, 5.41) is 45.0. The minimum atomic E-state index is -0.940. The van der Waals surface area contributed by atoms with Crippen LogP contribution in [0.15, 0.2) is 71.2 Å². The number of ether oxygens (including phenoxy) is 1. The smallest absolute Gasteiger partial charge is 0.352 e. The lowest BCUT2D eigenvalue weighted by molar-refractivity contribution is -0.386. The number of phenols is 3. The molecule has 10 heteroatoms. The van der Waals surface area contributed by atoms with Crippen molar-refractivity contribution in [2.45, 2.75) is 45.4 Å². The number of hydrogen-bond donors (Lipinski definition) is 3. The Hall–Kier alpha value is -4.21. The molecule has 0 spiro atoms. The fraction of sp³-hybridized carbons (Fsp3) is 0.320. The molecule has 0 unspecified atom stereocenters. The summed E-state index contributed by atoms with van der Waals surface area (Å²) >= 11 is 0. The van der Waals surface area contributed by atoms with Gasteiger partial charge in [0, 0.05) is 24.5 Å². The molecule has 0 aliphatic rings. The van der Waals surface area contributed by atoms with Gasteiger partial charge in [0.25, 0.3) is 0 Å². The number of benzene rings is 2. The lowest BCUT2D eigenvalue weighted by Gasteiger charge is -2.06. The molecule has 0 saturated heterocycles. The van der Waals surface area contributed by atoms with E-state index in [1.54, 1.807) is 12.4 Å². The first kappa shape index (κ1) is 27.0. The predicted molar refractivity (Wildman–Crippen MR) is 132 cm³/mol. The van der Waals surface area contributed by atoms with Crippen LogP contribution in [0.3, 0.4) is 0 Å². The molecule has 3 aromatic rings. The van der Waals surface area contributed by atoms with E-state index in [1.165, 1.54) is 32.1 Å². The van der Waals surface area contributed by atoms with Crippen molar-refractivity contribution in [1.29, 1.82) is 0 Å². The largest absolute Gasteiger partial charge is 0.508 e. The molecule has 0 amide bonds. The van der Waals surface area contributed by atoms with Crippen LogP contribution in [0.4, 0.5) is 17.1 Å². The van der Waals surface area contributed by atoms with Gasteiger partial charge in [-0.2, -0.15) is 10.2 Å². The van der Waals surface area contributed by atoms with Gasteiger partial charge in [0.05, 0.1) is 22.9 Å². The molecule has 3 rings (SSSR count). The molecule has 1 heterocycles. The Kier molecular flexibility index (Phi) is 11.5. The predicted octanol–water partition coefficient (Wildman–Crippen LogP) is 6.95. The van der Waals surface area contributed by atoms with Crippen molar-refractivity contribution in [1.82, 2.24) is 4.98 Å². The second-order valence-electron chi connectivity index (χ2n) is 7.61. The maximum atomic E-state index is 10.2. The number of aromatic hydroxyl groups is 3. The summed E-state index contributed by atoms with van der Waals surface area (Å²) in [6.45, 7) is 3.02. The van der Waals surface area contributed by atoms with E-state index in [0.717, 1.165) is 42.3 Å². The third-order valence-corrected chi connectivity index (χ3v) is 4.78. The van der Waals surface area contributed by atoms with Crippen molar-refractivity contribution in [3.8, 4) is 23.0 Å². The molecule has 0 atom stereocenters. The zero-order valence-corrected chi connectivity index (χ0v) is 19.6. The van der Waals surface area contributed by atoms with Crippen molar-refractivity contribution in [2.75, 3.05) is 6.61 Å². The van der Waals surface area contributed by atoms with Crippen molar-refractivity contribution < 1.29 is 25.0 Å². The number of nitro benzene ring substituents is 1. The van der Waals surface area contributed by atoms with E-state index in [2.05, 4.69) is 22.1 Å². The number of aromatic nitrogens is 1. The van der Waals surface area contributed by atoms with Crippen LogP contribution in [0.5, 0.6) is 23.0 Å². The third kappa shape index (κ3) is 10.1. The molecule has 0 aliphatic heterocycles. The first-order chi connectivity index (χ1) is 16.9. The Balaban J connectivity index is 0.000000303. The van der Waals surface area contributed by atoms with E-state index >= 15 is 0 Å². The average Bonchev–Trinajstić information content (AvgIpc) is 2.83. The minimum absolute atomic E-state index is 0.435. The average molecular weight is 483 g/mol. The fourth-order valence-electron chi connectivity index (χ4n) is 2.98. The molecular weight excluding hydrogens is 452 g/mol. The first-order valence-corrected chi connectivity index (χ1v) is 11.3. The maximum absolute atomic E-state index is 10.2. The number of azo groups is 1. The standard InChI is InChI=1S/C19H25N3O.C6H5NO5/c1-2-3-4-5-6-7-16-23-19-10-8-17(9-11-19)21-22-18-12-14-20-15-13-18;8-3-1-4(9)6(7(11)12)5(10)2-3/h8-15H,2-7,16H2,1H3;1-2,8-10H. The second kappa shape index (κ2) is 14.8. The molecule has 0 fully saturated rings. The van der Waals surface area contributed by atoms with E-state index in [1.807, 2.05) is 36.4 Å². The SMILES string of the molecule is CCCCCCCCOc1ccc(N=Nc2ccncc2)cc1.O=[N+]([O-])c1c(O)cc(O)cc1O. The lowest BCUT2D eigenvalue weighted by Crippen LogP contribution is -1.96. The van der Waals surface area contributed by atoms with Crippen molar-refractivity contribution in [2.24, 2.45) is 10.2 Å². The number of unbranched alkanes of at least 4 members (excludes halogenated alkanes) is 5. The molecule has 3 N–H and O–H groups in total. The summed E-state index contributed by atoms with van der Waals surface area (Å²) < 4.78 is 5.75. The van der Waals surface area contributed by atoms with Gasteiger partial charge >= 0.3 is 5.69 Å². The van der Waals surface area contributed by atoms with Gasteiger partial charge < -0.3 is 20.1 Å². The molecule has 0 radical (unpaired) electrons. The highest BCUT2D eigenvalue weighted by atomic mass is 16.6. The zero-order valence-electron chi connectivity index (χ0n) is 19.6. The Labute approximate surface area is 203 Å². The number of nitro groups is 1. The summed E-state index contributed by atoms with van der Waals surface area (Å²) in [5.74, 6) is -1.08. The van der Waals surface area contributed by atoms with Crippen molar-refractivity contribution in [3.63, 3.8) is 0 Å². The summed E-state index contributed by atoms with van der Waals surface area (Å²) in [7, 11) is 0. The van der Waals surface area contributed by atoms with Crippen LogP contribution in [0.25, 0.3) is 0 Å². The van der Waals surface area contributed by atoms with Crippen molar-refractivity contribution >= 4 is 17.1 Å². The van der Waals surface area contributed by atoms with E-state index in [9.17, 15) is 10.1 Å². The van der Waals surface area contributed by atoms with Gasteiger partial charge in [-0.15, -0.1) is 0 Å². The van der Waals surface area contributed by atoms with Crippen LogP contribution < -0.4 is 4.74 Å².